The first-order valence-electron chi connectivity index (χ1n) is 9.89. The summed E-state index contributed by atoms with van der Waals surface area (Å²) in [6.45, 7) is 9.21. The van der Waals surface area contributed by atoms with Gasteiger partial charge in [0.15, 0.2) is 0 Å². The minimum atomic E-state index is -0.0699. The Kier molecular flexibility index (Phi) is 6.65. The van der Waals surface area contributed by atoms with Crippen LogP contribution in [0.5, 0.6) is 0 Å². The maximum absolute atomic E-state index is 12.1. The predicted molar refractivity (Wildman–Crippen MR) is 123 cm³/mol. The Hall–Kier alpha value is -2.72. The topological polar surface area (TPSA) is 42.0 Å². The second kappa shape index (κ2) is 9.19. The summed E-state index contributed by atoms with van der Waals surface area (Å²) in [5.74, 6) is -0.0699. The first kappa shape index (κ1) is 21.0. The van der Waals surface area contributed by atoms with Crippen LogP contribution in [0.25, 0.3) is 17.3 Å². The predicted octanol–water partition coefficient (Wildman–Crippen LogP) is 5.79. The Bertz CT molecular complexity index is 977. The smallest absolute Gasteiger partial charge is 0.244 e. The molecule has 0 radical (unpaired) electrons. The molecule has 3 nitrogen and oxygen atoms in total. The van der Waals surface area contributed by atoms with Gasteiger partial charge < -0.3 is 5.32 Å². The van der Waals surface area contributed by atoms with E-state index in [1.54, 1.807) is 17.4 Å². The average Bonchev–Trinajstić information content (AvgIpc) is 3.13. The molecule has 3 aromatic rings. The molecule has 29 heavy (non-hydrogen) atoms. The van der Waals surface area contributed by atoms with Crippen molar-refractivity contribution in [1.29, 1.82) is 0 Å². The molecule has 0 saturated heterocycles. The van der Waals surface area contributed by atoms with Crippen molar-refractivity contribution >= 4 is 23.3 Å². The van der Waals surface area contributed by atoms with Gasteiger partial charge >= 0.3 is 0 Å². The van der Waals surface area contributed by atoms with E-state index in [4.69, 9.17) is 0 Å². The van der Waals surface area contributed by atoms with Gasteiger partial charge in [-0.15, -0.1) is 11.3 Å². The SMILES string of the molecule is Cc1nc(-c2ccc(CCNC(=O)/C=C/c3ccc(C(C)(C)C)cc3)cc2)cs1. The number of benzene rings is 2. The number of hydrogen-bond donors (Lipinski definition) is 1. The van der Waals surface area contributed by atoms with Crippen molar-refractivity contribution in [2.75, 3.05) is 6.54 Å². The monoisotopic (exact) mass is 404 g/mol. The summed E-state index contributed by atoms with van der Waals surface area (Å²) in [5.41, 5.74) is 5.80. The zero-order valence-corrected chi connectivity index (χ0v) is 18.3. The molecule has 3 rings (SSSR count). The van der Waals surface area contributed by atoms with Crippen molar-refractivity contribution < 1.29 is 4.79 Å². The van der Waals surface area contributed by atoms with E-state index in [0.717, 1.165) is 28.2 Å². The highest BCUT2D eigenvalue weighted by Gasteiger charge is 2.12. The Balaban J connectivity index is 1.46. The zero-order chi connectivity index (χ0) is 20.9. The molecule has 0 fully saturated rings. The van der Waals surface area contributed by atoms with Crippen LogP contribution in [0.1, 0.15) is 42.5 Å². The van der Waals surface area contributed by atoms with E-state index in [2.05, 4.69) is 85.0 Å². The molecular weight excluding hydrogens is 376 g/mol. The van der Waals surface area contributed by atoms with Crippen LogP contribution in [0.3, 0.4) is 0 Å². The lowest BCUT2D eigenvalue weighted by Gasteiger charge is -2.18. The summed E-state index contributed by atoms with van der Waals surface area (Å²) in [7, 11) is 0. The Morgan fingerprint density at radius 2 is 1.76 bits per heavy atom. The highest BCUT2D eigenvalue weighted by atomic mass is 32.1. The Morgan fingerprint density at radius 1 is 1.07 bits per heavy atom. The van der Waals surface area contributed by atoms with Crippen LogP contribution in [0.4, 0.5) is 0 Å². The van der Waals surface area contributed by atoms with Gasteiger partial charge in [-0.1, -0.05) is 69.3 Å². The fraction of sp³-hybridized carbons (Fsp3) is 0.280. The average molecular weight is 405 g/mol. The minimum absolute atomic E-state index is 0.0699. The van der Waals surface area contributed by atoms with Crippen LogP contribution in [0, 0.1) is 6.92 Å². The van der Waals surface area contributed by atoms with Crippen molar-refractivity contribution in [3.63, 3.8) is 0 Å². The fourth-order valence-electron chi connectivity index (χ4n) is 2.99. The van der Waals surface area contributed by atoms with E-state index >= 15 is 0 Å². The van der Waals surface area contributed by atoms with Gasteiger partial charge in [-0.25, -0.2) is 4.98 Å². The molecule has 1 heterocycles. The van der Waals surface area contributed by atoms with Crippen molar-refractivity contribution in [2.45, 2.75) is 39.5 Å². The quantitative estimate of drug-likeness (QED) is 0.529. The van der Waals surface area contributed by atoms with Gasteiger partial charge in [0, 0.05) is 23.6 Å². The summed E-state index contributed by atoms with van der Waals surface area (Å²) in [5, 5.41) is 6.10. The standard InChI is InChI=1S/C25H28N2OS/c1-18-27-23(17-29-18)21-10-5-20(6-11-21)15-16-26-24(28)14-9-19-7-12-22(13-8-19)25(2,3)4/h5-14,17H,15-16H2,1-4H3,(H,26,28)/b14-9+. The zero-order valence-electron chi connectivity index (χ0n) is 17.5. The number of carbonyl (C=O) groups is 1. The van der Waals surface area contributed by atoms with Crippen molar-refractivity contribution in [2.24, 2.45) is 0 Å². The number of amides is 1. The number of nitrogens with zero attached hydrogens (tertiary/aromatic N) is 1. The van der Waals surface area contributed by atoms with Gasteiger partial charge in [0.25, 0.3) is 0 Å². The molecule has 0 atom stereocenters. The molecule has 150 valence electrons. The Morgan fingerprint density at radius 3 is 2.34 bits per heavy atom. The van der Waals surface area contributed by atoms with E-state index in [-0.39, 0.29) is 11.3 Å². The molecule has 0 aliphatic carbocycles. The third-order valence-corrected chi connectivity index (χ3v) is 5.56. The molecule has 0 saturated carbocycles. The Labute approximate surface area is 177 Å². The lowest BCUT2D eigenvalue weighted by Crippen LogP contribution is -2.23. The van der Waals surface area contributed by atoms with Crippen molar-refractivity contribution in [1.82, 2.24) is 10.3 Å². The van der Waals surface area contributed by atoms with Crippen LogP contribution >= 0.6 is 11.3 Å². The summed E-state index contributed by atoms with van der Waals surface area (Å²) in [4.78, 5) is 16.6. The third kappa shape index (κ3) is 6.13. The summed E-state index contributed by atoms with van der Waals surface area (Å²) >= 11 is 1.66. The van der Waals surface area contributed by atoms with Gasteiger partial charge in [0.1, 0.15) is 0 Å². The highest BCUT2D eigenvalue weighted by Crippen LogP contribution is 2.23. The van der Waals surface area contributed by atoms with Gasteiger partial charge in [0.2, 0.25) is 5.91 Å². The number of aromatic nitrogens is 1. The fourth-order valence-corrected chi connectivity index (χ4v) is 3.62. The largest absolute Gasteiger partial charge is 0.352 e. The van der Waals surface area contributed by atoms with Crippen LogP contribution < -0.4 is 5.32 Å². The first-order valence-corrected chi connectivity index (χ1v) is 10.8. The maximum atomic E-state index is 12.1. The molecule has 1 aromatic heterocycles. The van der Waals surface area contributed by atoms with Crippen molar-refractivity contribution in [3.05, 3.63) is 81.7 Å². The molecule has 1 amide bonds. The summed E-state index contributed by atoms with van der Waals surface area (Å²) in [6, 6.07) is 16.7. The molecule has 0 spiro atoms. The lowest BCUT2D eigenvalue weighted by molar-refractivity contribution is -0.116. The highest BCUT2D eigenvalue weighted by molar-refractivity contribution is 7.09. The van der Waals surface area contributed by atoms with Gasteiger partial charge in [0.05, 0.1) is 10.7 Å². The van der Waals surface area contributed by atoms with Crippen LogP contribution in [0.15, 0.2) is 60.0 Å². The molecule has 1 N–H and O–H groups in total. The third-order valence-electron chi connectivity index (χ3n) is 4.79. The van der Waals surface area contributed by atoms with E-state index in [1.807, 2.05) is 13.0 Å². The number of nitrogens with one attached hydrogen (secondary N) is 1. The van der Waals surface area contributed by atoms with Gasteiger partial charge in [-0.2, -0.15) is 0 Å². The van der Waals surface area contributed by atoms with E-state index in [0.29, 0.717) is 6.54 Å². The normalized spacial score (nSPS) is 11.7. The summed E-state index contributed by atoms with van der Waals surface area (Å²) < 4.78 is 0. The molecule has 4 heteroatoms. The second-order valence-electron chi connectivity index (χ2n) is 8.20. The second-order valence-corrected chi connectivity index (χ2v) is 9.26. The molecule has 0 bridgehead atoms. The van der Waals surface area contributed by atoms with Gasteiger partial charge in [-0.05, 0) is 41.5 Å². The molecule has 0 aliphatic rings. The minimum Gasteiger partial charge on any atom is -0.352 e. The van der Waals surface area contributed by atoms with E-state index < -0.39 is 0 Å². The number of aryl methyl sites for hydroxylation is 1. The molecule has 0 aliphatic heterocycles. The van der Waals surface area contributed by atoms with Crippen molar-refractivity contribution in [3.8, 4) is 11.3 Å². The van der Waals surface area contributed by atoms with Gasteiger partial charge in [-0.3, -0.25) is 4.79 Å². The van der Waals surface area contributed by atoms with Crippen LogP contribution in [-0.4, -0.2) is 17.4 Å². The van der Waals surface area contributed by atoms with E-state index in [9.17, 15) is 4.79 Å². The summed E-state index contributed by atoms with van der Waals surface area (Å²) in [6.07, 6.45) is 4.25. The number of hydrogen-bond acceptors (Lipinski definition) is 3. The number of rotatable bonds is 6. The number of thiazole rings is 1. The molecule has 2 aromatic carbocycles. The van der Waals surface area contributed by atoms with Crippen LogP contribution in [0.2, 0.25) is 0 Å². The number of carbonyl (C=O) groups excluding carboxylic acids is 1. The first-order chi connectivity index (χ1) is 13.8. The molecule has 0 unspecified atom stereocenters. The molecular formula is C25H28N2OS. The van der Waals surface area contributed by atoms with E-state index in [1.165, 1.54) is 11.1 Å². The maximum Gasteiger partial charge on any atom is 0.244 e. The van der Waals surface area contributed by atoms with Crippen LogP contribution in [-0.2, 0) is 16.6 Å². The lowest BCUT2D eigenvalue weighted by atomic mass is 9.87.